The Morgan fingerprint density at radius 1 is 1.14 bits per heavy atom. The molecule has 0 amide bonds. The van der Waals surface area contributed by atoms with Crippen LogP contribution in [0.25, 0.3) is 0 Å². The van der Waals surface area contributed by atoms with E-state index in [1.54, 1.807) is 19.9 Å². The monoisotopic (exact) mass is 302 g/mol. The van der Waals surface area contributed by atoms with E-state index in [2.05, 4.69) is 0 Å². The fourth-order valence-electron chi connectivity index (χ4n) is 2.36. The fraction of sp³-hybridized carbons (Fsp3) is 0.533. The Labute approximate surface area is 120 Å². The molecule has 2 rings (SSSR count). The molecule has 6 heteroatoms. The predicted molar refractivity (Wildman–Crippen MR) is 70.2 cm³/mol. The predicted octanol–water partition coefficient (Wildman–Crippen LogP) is 3.60. The molecule has 1 heterocycles. The highest BCUT2D eigenvalue weighted by Crippen LogP contribution is 2.51. The zero-order chi connectivity index (χ0) is 16.2. The van der Waals surface area contributed by atoms with Gasteiger partial charge in [0.15, 0.2) is 0 Å². The number of benzene rings is 1. The molecule has 3 nitrogen and oxygen atoms in total. The Morgan fingerprint density at radius 2 is 1.71 bits per heavy atom. The number of ether oxygens (including phenoxy) is 1. The summed E-state index contributed by atoms with van der Waals surface area (Å²) in [5.41, 5.74) is -2.98. The van der Waals surface area contributed by atoms with Crippen molar-refractivity contribution in [2.24, 2.45) is 0 Å². The van der Waals surface area contributed by atoms with Crippen molar-refractivity contribution in [2.45, 2.75) is 51.3 Å². The van der Waals surface area contributed by atoms with Crippen molar-refractivity contribution in [3.8, 4) is 5.75 Å². The Hall–Kier alpha value is -1.56. The van der Waals surface area contributed by atoms with E-state index < -0.39 is 23.3 Å². The summed E-state index contributed by atoms with van der Waals surface area (Å²) in [4.78, 5) is 11.7. The summed E-state index contributed by atoms with van der Waals surface area (Å²) in [6.07, 6.45) is -5.13. The van der Waals surface area contributed by atoms with Crippen LogP contribution in [0.3, 0.4) is 0 Å². The average Bonchev–Trinajstić information content (AvgIpc) is 2.61. The van der Waals surface area contributed by atoms with Crippen LogP contribution in [0.1, 0.15) is 56.2 Å². The van der Waals surface area contributed by atoms with E-state index in [0.29, 0.717) is 11.1 Å². The highest BCUT2D eigenvalue weighted by atomic mass is 19.4. The molecule has 0 fully saturated rings. The van der Waals surface area contributed by atoms with Gasteiger partial charge in [0.25, 0.3) is 5.60 Å². The van der Waals surface area contributed by atoms with E-state index >= 15 is 0 Å². The SMILES string of the molecule is CC(C)c1cc(C(C)C)c2c(c1)[C@@](O)(C(F)(F)F)C(=O)O2. The number of hydrogen-bond donors (Lipinski definition) is 1. The molecule has 0 aromatic heterocycles. The minimum atomic E-state index is -5.13. The lowest BCUT2D eigenvalue weighted by Gasteiger charge is -2.23. The first-order valence-electron chi connectivity index (χ1n) is 6.69. The molecule has 116 valence electrons. The van der Waals surface area contributed by atoms with Crippen LogP contribution < -0.4 is 4.74 Å². The molecule has 0 aliphatic carbocycles. The Kier molecular flexibility index (Phi) is 3.56. The van der Waals surface area contributed by atoms with Gasteiger partial charge in [0.1, 0.15) is 5.75 Å². The topological polar surface area (TPSA) is 46.5 Å². The second-order valence-corrected chi connectivity index (χ2v) is 5.89. The maximum atomic E-state index is 13.2. The minimum absolute atomic E-state index is 0.0408. The molecule has 0 unspecified atom stereocenters. The standard InChI is InChI=1S/C15H17F3O3/c1-7(2)9-5-10(8(3)4)12-11(6-9)14(20,13(19)21-12)15(16,17)18/h5-8,20H,1-4H3/t14-/m0/s1. The summed E-state index contributed by atoms with van der Waals surface area (Å²) in [7, 11) is 0. The first kappa shape index (κ1) is 15.8. The Morgan fingerprint density at radius 3 is 2.14 bits per heavy atom. The van der Waals surface area contributed by atoms with E-state index in [1.807, 2.05) is 13.8 Å². The maximum absolute atomic E-state index is 13.2. The summed E-state index contributed by atoms with van der Waals surface area (Å²) < 4.78 is 44.3. The number of carbonyl (C=O) groups excluding carboxylic acids is 1. The van der Waals surface area contributed by atoms with Gasteiger partial charge in [0.05, 0.1) is 0 Å². The Bertz CT molecular complexity index is 591. The number of esters is 1. The van der Waals surface area contributed by atoms with Gasteiger partial charge in [-0.3, -0.25) is 0 Å². The molecule has 1 atom stereocenters. The lowest BCUT2D eigenvalue weighted by Crippen LogP contribution is -2.47. The molecule has 0 spiro atoms. The molecule has 1 N–H and O–H groups in total. The second kappa shape index (κ2) is 4.73. The normalized spacial score (nSPS) is 21.9. The molecule has 1 aliphatic heterocycles. The molecule has 1 aromatic carbocycles. The quantitative estimate of drug-likeness (QED) is 0.670. The summed E-state index contributed by atoms with van der Waals surface area (Å²) >= 11 is 0. The van der Waals surface area contributed by atoms with Gasteiger partial charge in [0, 0.05) is 5.56 Å². The average molecular weight is 302 g/mol. The van der Waals surface area contributed by atoms with Gasteiger partial charge in [-0.25, -0.2) is 4.79 Å². The van der Waals surface area contributed by atoms with Crippen LogP contribution in [0.15, 0.2) is 12.1 Å². The summed E-state index contributed by atoms with van der Waals surface area (Å²) in [6, 6.07) is 2.94. The maximum Gasteiger partial charge on any atom is 0.432 e. The van der Waals surface area contributed by atoms with Gasteiger partial charge < -0.3 is 9.84 Å². The molecule has 0 saturated carbocycles. The van der Waals surface area contributed by atoms with Gasteiger partial charge in [-0.2, -0.15) is 13.2 Å². The third kappa shape index (κ3) is 2.21. The van der Waals surface area contributed by atoms with E-state index in [4.69, 9.17) is 4.74 Å². The third-order valence-corrected chi connectivity index (χ3v) is 3.72. The first-order chi connectivity index (χ1) is 9.50. The summed E-state index contributed by atoms with van der Waals surface area (Å²) in [5, 5.41) is 9.96. The molecule has 1 aromatic rings. The van der Waals surface area contributed by atoms with Crippen molar-refractivity contribution in [1.29, 1.82) is 0 Å². The molecule has 21 heavy (non-hydrogen) atoms. The number of fused-ring (bicyclic) bond motifs is 1. The van der Waals surface area contributed by atoms with Crippen LogP contribution in [0, 0.1) is 0 Å². The number of halogens is 3. The van der Waals surface area contributed by atoms with Crippen molar-refractivity contribution in [3.63, 3.8) is 0 Å². The van der Waals surface area contributed by atoms with E-state index in [1.165, 1.54) is 6.07 Å². The third-order valence-electron chi connectivity index (χ3n) is 3.72. The van der Waals surface area contributed by atoms with Crippen LogP contribution in [-0.4, -0.2) is 17.3 Å². The van der Waals surface area contributed by atoms with Crippen LogP contribution in [0.2, 0.25) is 0 Å². The van der Waals surface area contributed by atoms with Crippen molar-refractivity contribution >= 4 is 5.97 Å². The van der Waals surface area contributed by atoms with Crippen molar-refractivity contribution in [1.82, 2.24) is 0 Å². The minimum Gasteiger partial charge on any atom is -0.423 e. The lowest BCUT2D eigenvalue weighted by atomic mass is 9.86. The summed E-state index contributed by atoms with van der Waals surface area (Å²) in [6.45, 7) is 7.24. The van der Waals surface area contributed by atoms with E-state index in [0.717, 1.165) is 0 Å². The molecule has 0 saturated heterocycles. The number of rotatable bonds is 2. The molecule has 1 aliphatic rings. The second-order valence-electron chi connectivity index (χ2n) is 5.89. The van der Waals surface area contributed by atoms with Gasteiger partial charge in [-0.1, -0.05) is 33.8 Å². The molecular weight excluding hydrogens is 285 g/mol. The smallest absolute Gasteiger partial charge is 0.423 e. The molecular formula is C15H17F3O3. The number of alkyl halides is 3. The largest absolute Gasteiger partial charge is 0.432 e. The van der Waals surface area contributed by atoms with Gasteiger partial charge >= 0.3 is 12.1 Å². The highest BCUT2D eigenvalue weighted by molar-refractivity contribution is 5.90. The van der Waals surface area contributed by atoms with Crippen LogP contribution in [0.4, 0.5) is 13.2 Å². The first-order valence-corrected chi connectivity index (χ1v) is 6.69. The zero-order valence-electron chi connectivity index (χ0n) is 12.2. The van der Waals surface area contributed by atoms with Gasteiger partial charge in [-0.05, 0) is 29.0 Å². The number of carbonyl (C=O) groups is 1. The van der Waals surface area contributed by atoms with Gasteiger partial charge in [-0.15, -0.1) is 0 Å². The fourth-order valence-corrected chi connectivity index (χ4v) is 2.36. The lowest BCUT2D eigenvalue weighted by molar-refractivity contribution is -0.258. The van der Waals surface area contributed by atoms with Crippen LogP contribution in [0.5, 0.6) is 5.75 Å². The van der Waals surface area contributed by atoms with Crippen molar-refractivity contribution < 1.29 is 27.8 Å². The van der Waals surface area contributed by atoms with E-state index in [9.17, 15) is 23.1 Å². The van der Waals surface area contributed by atoms with E-state index in [-0.39, 0.29) is 17.6 Å². The van der Waals surface area contributed by atoms with Crippen molar-refractivity contribution in [2.75, 3.05) is 0 Å². The van der Waals surface area contributed by atoms with Crippen LogP contribution >= 0.6 is 0 Å². The van der Waals surface area contributed by atoms with Crippen LogP contribution in [-0.2, 0) is 10.4 Å². The number of hydrogen-bond acceptors (Lipinski definition) is 3. The molecule has 0 radical (unpaired) electrons. The number of aliphatic hydroxyl groups is 1. The Balaban J connectivity index is 2.78. The molecule has 0 bridgehead atoms. The van der Waals surface area contributed by atoms with Crippen molar-refractivity contribution in [3.05, 3.63) is 28.8 Å². The van der Waals surface area contributed by atoms with Gasteiger partial charge in [0.2, 0.25) is 0 Å². The highest BCUT2D eigenvalue weighted by Gasteiger charge is 2.67. The summed E-state index contributed by atoms with van der Waals surface area (Å²) in [5.74, 6) is -2.03. The zero-order valence-corrected chi connectivity index (χ0v) is 12.2.